The van der Waals surface area contributed by atoms with Crippen molar-refractivity contribution in [2.45, 2.75) is 11.2 Å². The van der Waals surface area contributed by atoms with Crippen LogP contribution in [0.5, 0.6) is 0 Å². The number of aliphatic hydroxyl groups is 2. The molecule has 3 aromatic carbocycles. The van der Waals surface area contributed by atoms with Gasteiger partial charge in [-0.15, -0.1) is 0 Å². The van der Waals surface area contributed by atoms with Gasteiger partial charge in [0.2, 0.25) is 0 Å². The van der Waals surface area contributed by atoms with Gasteiger partial charge in [0, 0.05) is 11.1 Å². The van der Waals surface area contributed by atoms with Crippen molar-refractivity contribution in [1.82, 2.24) is 0 Å². The van der Waals surface area contributed by atoms with Crippen LogP contribution in [-0.4, -0.2) is 10.2 Å². The summed E-state index contributed by atoms with van der Waals surface area (Å²) in [5.41, 5.74) is 4.57. The molecule has 26 heavy (non-hydrogen) atoms. The number of hydrogen-bond acceptors (Lipinski definition) is 2. The lowest BCUT2D eigenvalue weighted by Gasteiger charge is -2.23. The van der Waals surface area contributed by atoms with E-state index in [-0.39, 0.29) is 0 Å². The van der Waals surface area contributed by atoms with E-state index in [2.05, 4.69) is 13.2 Å². The van der Waals surface area contributed by atoms with Crippen LogP contribution < -0.4 is 0 Å². The Morgan fingerprint density at radius 2 is 0.962 bits per heavy atom. The number of rotatable bonds is 2. The predicted octanol–water partition coefficient (Wildman–Crippen LogP) is 4.49. The second-order valence-corrected chi connectivity index (χ2v) is 6.98. The number of hydrogen-bond donors (Lipinski definition) is 2. The first kappa shape index (κ1) is 15.3. The summed E-state index contributed by atoms with van der Waals surface area (Å²) in [5.74, 6) is 0. The highest BCUT2D eigenvalue weighted by molar-refractivity contribution is 5.89. The molecule has 2 atom stereocenters. The van der Waals surface area contributed by atoms with E-state index in [4.69, 9.17) is 0 Å². The molecule has 0 saturated carbocycles. The van der Waals surface area contributed by atoms with Gasteiger partial charge in [-0.1, -0.05) is 73.8 Å². The summed E-state index contributed by atoms with van der Waals surface area (Å²) in [7, 11) is 0. The molecule has 0 fully saturated rings. The van der Waals surface area contributed by atoms with E-state index in [1.54, 1.807) is 12.2 Å². The zero-order chi connectivity index (χ0) is 18.1. The van der Waals surface area contributed by atoms with Crippen LogP contribution in [-0.2, 0) is 11.2 Å². The van der Waals surface area contributed by atoms with Crippen molar-refractivity contribution in [3.05, 3.63) is 108 Å². The van der Waals surface area contributed by atoms with Crippen LogP contribution in [0.1, 0.15) is 22.3 Å². The Morgan fingerprint density at radius 3 is 1.35 bits per heavy atom. The molecule has 0 bridgehead atoms. The summed E-state index contributed by atoms with van der Waals surface area (Å²) < 4.78 is 0. The summed E-state index contributed by atoms with van der Waals surface area (Å²) in [6.45, 7) is 7.76. The van der Waals surface area contributed by atoms with Crippen molar-refractivity contribution in [2.75, 3.05) is 0 Å². The third-order valence-electron chi connectivity index (χ3n) is 5.83. The van der Waals surface area contributed by atoms with E-state index in [1.807, 2.05) is 60.7 Å². The van der Waals surface area contributed by atoms with Crippen molar-refractivity contribution in [1.29, 1.82) is 0 Å². The summed E-state index contributed by atoms with van der Waals surface area (Å²) in [6.07, 6.45) is 3.18. The first-order chi connectivity index (χ1) is 12.5. The molecule has 2 N–H and O–H groups in total. The Labute approximate surface area is 152 Å². The Kier molecular flexibility index (Phi) is 2.84. The smallest absolute Gasteiger partial charge is 0.134 e. The predicted molar refractivity (Wildman–Crippen MR) is 104 cm³/mol. The summed E-state index contributed by atoms with van der Waals surface area (Å²) in [5, 5.41) is 22.7. The molecule has 0 radical (unpaired) electrons. The van der Waals surface area contributed by atoms with Gasteiger partial charge >= 0.3 is 0 Å². The molecule has 2 nitrogen and oxygen atoms in total. The van der Waals surface area contributed by atoms with Crippen molar-refractivity contribution in [3.8, 4) is 22.3 Å². The van der Waals surface area contributed by atoms with Gasteiger partial charge in [-0.25, -0.2) is 0 Å². The maximum Gasteiger partial charge on any atom is 0.134 e. The summed E-state index contributed by atoms with van der Waals surface area (Å²) in [4.78, 5) is 0. The van der Waals surface area contributed by atoms with Crippen LogP contribution in [0.3, 0.4) is 0 Å². The maximum atomic E-state index is 11.4. The molecule has 2 unspecified atom stereocenters. The third kappa shape index (κ3) is 1.59. The van der Waals surface area contributed by atoms with E-state index in [0.717, 1.165) is 44.5 Å². The minimum absolute atomic E-state index is 0.801. The van der Waals surface area contributed by atoms with Crippen LogP contribution in [0.4, 0.5) is 0 Å². The number of fused-ring (bicyclic) bond motifs is 6. The first-order valence-electron chi connectivity index (χ1n) is 8.65. The van der Waals surface area contributed by atoms with Crippen molar-refractivity contribution in [3.63, 3.8) is 0 Å². The normalized spacial score (nSPS) is 24.4. The lowest BCUT2D eigenvalue weighted by molar-refractivity contribution is 0.137. The zero-order valence-corrected chi connectivity index (χ0v) is 14.2. The molecule has 0 heterocycles. The molecule has 0 saturated heterocycles. The second-order valence-electron chi connectivity index (χ2n) is 6.98. The van der Waals surface area contributed by atoms with Gasteiger partial charge in [-0.3, -0.25) is 0 Å². The molecule has 2 heteroatoms. The summed E-state index contributed by atoms with van der Waals surface area (Å²) >= 11 is 0. The summed E-state index contributed by atoms with van der Waals surface area (Å²) in [6, 6.07) is 19.6. The van der Waals surface area contributed by atoms with E-state index in [9.17, 15) is 10.2 Å². The minimum Gasteiger partial charge on any atom is -0.377 e. The minimum atomic E-state index is -1.23. The van der Waals surface area contributed by atoms with Crippen LogP contribution in [0.2, 0.25) is 0 Å². The van der Waals surface area contributed by atoms with Crippen molar-refractivity contribution in [2.24, 2.45) is 0 Å². The first-order valence-corrected chi connectivity index (χ1v) is 8.65. The van der Waals surface area contributed by atoms with Gasteiger partial charge in [0.1, 0.15) is 11.2 Å². The van der Waals surface area contributed by atoms with E-state index >= 15 is 0 Å². The van der Waals surface area contributed by atoms with Gasteiger partial charge in [0.15, 0.2) is 0 Å². The third-order valence-corrected chi connectivity index (χ3v) is 5.83. The number of benzene rings is 3. The average molecular weight is 338 g/mol. The highest BCUT2D eigenvalue weighted by Crippen LogP contribution is 2.55. The van der Waals surface area contributed by atoms with Crippen molar-refractivity contribution < 1.29 is 10.2 Å². The standard InChI is InChI=1S/C24H18O2/c1-3-23(25)19-11-7-5-9-15(19)17-14-22-18(13-21(17)23)16-10-6-8-12-20(16)24(22,26)4-2/h3-14,25-26H,1-2H2. The molecule has 2 aliphatic rings. The largest absolute Gasteiger partial charge is 0.377 e. The Balaban J connectivity index is 1.90. The fourth-order valence-corrected chi connectivity index (χ4v) is 4.51. The highest BCUT2D eigenvalue weighted by Gasteiger charge is 2.44. The Morgan fingerprint density at radius 1 is 0.577 bits per heavy atom. The maximum absolute atomic E-state index is 11.4. The van der Waals surface area contributed by atoms with Crippen LogP contribution >= 0.6 is 0 Å². The molecule has 0 aliphatic heterocycles. The zero-order valence-electron chi connectivity index (χ0n) is 14.2. The van der Waals surface area contributed by atoms with Crippen LogP contribution in [0.15, 0.2) is 86.0 Å². The Bertz CT molecular complexity index is 1020. The molecule has 0 amide bonds. The Hall–Kier alpha value is -2.94. The SMILES string of the molecule is C=CC1(O)c2ccccc2-c2cc3c(cc21)-c1ccccc1C3(O)C=C. The molecular formula is C24H18O2. The topological polar surface area (TPSA) is 40.5 Å². The van der Waals surface area contributed by atoms with Gasteiger partial charge in [-0.2, -0.15) is 0 Å². The molecule has 3 aromatic rings. The van der Waals surface area contributed by atoms with Gasteiger partial charge in [0.25, 0.3) is 0 Å². The monoisotopic (exact) mass is 338 g/mol. The van der Waals surface area contributed by atoms with E-state index < -0.39 is 11.2 Å². The molecule has 126 valence electrons. The van der Waals surface area contributed by atoms with Gasteiger partial charge in [-0.05, 0) is 45.5 Å². The van der Waals surface area contributed by atoms with Crippen LogP contribution in [0, 0.1) is 0 Å². The second kappa shape index (κ2) is 4.82. The lowest BCUT2D eigenvalue weighted by atomic mass is 9.87. The molecule has 2 aliphatic carbocycles. The molecule has 0 aromatic heterocycles. The van der Waals surface area contributed by atoms with Gasteiger partial charge < -0.3 is 10.2 Å². The quantitative estimate of drug-likeness (QED) is 0.676. The van der Waals surface area contributed by atoms with E-state index in [1.165, 1.54) is 0 Å². The lowest BCUT2D eigenvalue weighted by Crippen LogP contribution is -2.22. The molecule has 0 spiro atoms. The van der Waals surface area contributed by atoms with E-state index in [0.29, 0.717) is 0 Å². The van der Waals surface area contributed by atoms with Gasteiger partial charge in [0.05, 0.1) is 0 Å². The average Bonchev–Trinajstić information content (AvgIpc) is 3.10. The fraction of sp³-hybridized carbons (Fsp3) is 0.0833. The highest BCUT2D eigenvalue weighted by atomic mass is 16.3. The van der Waals surface area contributed by atoms with Crippen LogP contribution in [0.25, 0.3) is 22.3 Å². The fourth-order valence-electron chi connectivity index (χ4n) is 4.51. The molecule has 5 rings (SSSR count). The van der Waals surface area contributed by atoms with Crippen molar-refractivity contribution >= 4 is 0 Å². The molecular weight excluding hydrogens is 320 g/mol.